The fourth-order valence-electron chi connectivity index (χ4n) is 2.72. The van der Waals surface area contributed by atoms with Crippen molar-refractivity contribution >= 4 is 39.2 Å². The SMILES string of the molecule is COc1ccc2sc(C(=O)NCC(=O)N[C@@H](CC(C)C)C(=O)O)c(C)c2c1. The number of benzene rings is 1. The number of fused-ring (bicyclic) bond motifs is 1. The summed E-state index contributed by atoms with van der Waals surface area (Å²) in [5, 5.41) is 15.1. The highest BCUT2D eigenvalue weighted by Gasteiger charge is 2.22. The Kier molecular flexibility index (Phi) is 6.79. The third kappa shape index (κ3) is 5.19. The Morgan fingerprint density at radius 1 is 1.26 bits per heavy atom. The molecule has 0 bridgehead atoms. The molecule has 0 aliphatic heterocycles. The largest absolute Gasteiger partial charge is 0.497 e. The van der Waals surface area contributed by atoms with Gasteiger partial charge in [-0.15, -0.1) is 11.3 Å². The predicted molar refractivity (Wildman–Crippen MR) is 104 cm³/mol. The van der Waals surface area contributed by atoms with Crippen LogP contribution < -0.4 is 15.4 Å². The number of carboxylic acid groups (broad SMARTS) is 1. The molecular weight excluding hydrogens is 368 g/mol. The van der Waals surface area contributed by atoms with Gasteiger partial charge in [0.1, 0.15) is 11.8 Å². The quantitative estimate of drug-likeness (QED) is 0.640. The minimum Gasteiger partial charge on any atom is -0.497 e. The molecule has 2 aromatic rings. The van der Waals surface area contributed by atoms with Crippen molar-refractivity contribution < 1.29 is 24.2 Å². The van der Waals surface area contributed by atoms with Crippen LogP contribution in [0.25, 0.3) is 10.1 Å². The van der Waals surface area contributed by atoms with Gasteiger partial charge in [-0.1, -0.05) is 13.8 Å². The standard InChI is InChI=1S/C19H24N2O5S/c1-10(2)7-14(19(24)25)21-16(22)9-20-18(23)17-11(3)13-8-12(26-4)5-6-15(13)27-17/h5-6,8,10,14H,7,9H2,1-4H3,(H,20,23)(H,21,22)(H,24,25)/t14-/m0/s1. The Morgan fingerprint density at radius 2 is 1.96 bits per heavy atom. The van der Waals surface area contributed by atoms with Gasteiger partial charge in [0.2, 0.25) is 5.91 Å². The number of carboxylic acids is 1. The molecule has 3 N–H and O–H groups in total. The van der Waals surface area contributed by atoms with Crippen LogP contribution in [0.4, 0.5) is 0 Å². The summed E-state index contributed by atoms with van der Waals surface area (Å²) in [5.41, 5.74) is 0.815. The van der Waals surface area contributed by atoms with Gasteiger partial charge in [0.05, 0.1) is 18.5 Å². The van der Waals surface area contributed by atoms with Gasteiger partial charge in [0, 0.05) is 4.70 Å². The molecule has 0 saturated heterocycles. The smallest absolute Gasteiger partial charge is 0.326 e. The fraction of sp³-hybridized carbons (Fsp3) is 0.421. The molecule has 2 amide bonds. The van der Waals surface area contributed by atoms with Gasteiger partial charge < -0.3 is 20.5 Å². The molecule has 0 aliphatic rings. The van der Waals surface area contributed by atoms with E-state index in [0.717, 1.165) is 15.6 Å². The average Bonchev–Trinajstić information content (AvgIpc) is 2.95. The van der Waals surface area contributed by atoms with Crippen LogP contribution in [0.5, 0.6) is 5.75 Å². The topological polar surface area (TPSA) is 105 Å². The van der Waals surface area contributed by atoms with Crippen molar-refractivity contribution in [3.63, 3.8) is 0 Å². The molecule has 0 aliphatic carbocycles. The number of aliphatic carboxylic acids is 1. The van der Waals surface area contributed by atoms with Crippen LogP contribution in [0.15, 0.2) is 18.2 Å². The minimum atomic E-state index is -1.09. The van der Waals surface area contributed by atoms with Gasteiger partial charge in [0.25, 0.3) is 5.91 Å². The van der Waals surface area contributed by atoms with Gasteiger partial charge in [-0.05, 0) is 48.4 Å². The number of nitrogens with one attached hydrogen (secondary N) is 2. The summed E-state index contributed by atoms with van der Waals surface area (Å²) in [7, 11) is 1.58. The van der Waals surface area contributed by atoms with E-state index in [1.54, 1.807) is 7.11 Å². The molecule has 7 nitrogen and oxygen atoms in total. The van der Waals surface area contributed by atoms with Crippen LogP contribution >= 0.6 is 11.3 Å². The number of carbonyl (C=O) groups excluding carboxylic acids is 2. The second-order valence-corrected chi connectivity index (χ2v) is 7.74. The maximum Gasteiger partial charge on any atom is 0.326 e. The van der Waals surface area contributed by atoms with E-state index in [-0.39, 0.29) is 18.4 Å². The lowest BCUT2D eigenvalue weighted by Crippen LogP contribution is -2.46. The first-order chi connectivity index (χ1) is 12.7. The molecular formula is C19H24N2O5S. The summed E-state index contributed by atoms with van der Waals surface area (Å²) >= 11 is 1.34. The highest BCUT2D eigenvalue weighted by Crippen LogP contribution is 2.33. The zero-order valence-electron chi connectivity index (χ0n) is 15.8. The Morgan fingerprint density at radius 3 is 2.56 bits per heavy atom. The van der Waals surface area contributed by atoms with Crippen molar-refractivity contribution in [2.45, 2.75) is 33.2 Å². The summed E-state index contributed by atoms with van der Waals surface area (Å²) in [4.78, 5) is 36.2. The zero-order chi connectivity index (χ0) is 20.1. The summed E-state index contributed by atoms with van der Waals surface area (Å²) in [5.74, 6) is -1.15. The Balaban J connectivity index is 2.03. The molecule has 1 heterocycles. The lowest BCUT2D eigenvalue weighted by atomic mass is 10.0. The van der Waals surface area contributed by atoms with E-state index < -0.39 is 17.9 Å². The number of aryl methyl sites for hydroxylation is 1. The summed E-state index contributed by atoms with van der Waals surface area (Å²) in [6, 6.07) is 4.62. The molecule has 0 saturated carbocycles. The highest BCUT2D eigenvalue weighted by atomic mass is 32.1. The minimum absolute atomic E-state index is 0.124. The average molecular weight is 392 g/mol. The summed E-state index contributed by atoms with van der Waals surface area (Å²) in [6.07, 6.45) is 0.326. The first-order valence-corrected chi connectivity index (χ1v) is 9.42. The second-order valence-electron chi connectivity index (χ2n) is 6.69. The van der Waals surface area contributed by atoms with E-state index in [4.69, 9.17) is 4.74 Å². The Bertz CT molecular complexity index is 859. The molecule has 0 unspecified atom stereocenters. The molecule has 2 rings (SSSR count). The maximum absolute atomic E-state index is 12.5. The zero-order valence-corrected chi connectivity index (χ0v) is 16.6. The number of thiophene rings is 1. The van der Waals surface area contributed by atoms with Crippen molar-refractivity contribution in [2.24, 2.45) is 5.92 Å². The molecule has 27 heavy (non-hydrogen) atoms. The molecule has 1 aromatic heterocycles. The van der Waals surface area contributed by atoms with Gasteiger partial charge >= 0.3 is 5.97 Å². The monoisotopic (exact) mass is 392 g/mol. The number of carbonyl (C=O) groups is 3. The van der Waals surface area contributed by atoms with Crippen LogP contribution in [-0.2, 0) is 9.59 Å². The molecule has 8 heteroatoms. The molecule has 1 atom stereocenters. The second kappa shape index (κ2) is 8.85. The Hall–Kier alpha value is -2.61. The van der Waals surface area contributed by atoms with Gasteiger partial charge in [0.15, 0.2) is 0 Å². The van der Waals surface area contributed by atoms with Crippen molar-refractivity contribution in [1.29, 1.82) is 0 Å². The third-order valence-electron chi connectivity index (χ3n) is 4.10. The lowest BCUT2D eigenvalue weighted by molar-refractivity contribution is -0.142. The summed E-state index contributed by atoms with van der Waals surface area (Å²) in [6.45, 7) is 5.32. The van der Waals surface area contributed by atoms with Gasteiger partial charge in [-0.2, -0.15) is 0 Å². The number of rotatable bonds is 8. The van der Waals surface area contributed by atoms with E-state index in [1.807, 2.05) is 39.0 Å². The van der Waals surface area contributed by atoms with E-state index in [1.165, 1.54) is 11.3 Å². The van der Waals surface area contributed by atoms with Crippen molar-refractivity contribution in [1.82, 2.24) is 10.6 Å². The lowest BCUT2D eigenvalue weighted by Gasteiger charge is -2.16. The highest BCUT2D eigenvalue weighted by molar-refractivity contribution is 7.21. The summed E-state index contributed by atoms with van der Waals surface area (Å²) < 4.78 is 6.16. The van der Waals surface area contributed by atoms with E-state index in [9.17, 15) is 19.5 Å². The predicted octanol–water partition coefficient (Wildman–Crippen LogP) is 2.56. The number of hydrogen-bond acceptors (Lipinski definition) is 5. The van der Waals surface area contributed by atoms with Crippen LogP contribution in [0.2, 0.25) is 0 Å². The molecule has 0 radical (unpaired) electrons. The number of amides is 2. The molecule has 146 valence electrons. The molecule has 1 aromatic carbocycles. The van der Waals surface area contributed by atoms with Crippen molar-refractivity contribution in [3.8, 4) is 5.75 Å². The van der Waals surface area contributed by atoms with Gasteiger partial charge in [-0.25, -0.2) is 4.79 Å². The van der Waals surface area contributed by atoms with E-state index in [2.05, 4.69) is 10.6 Å². The number of hydrogen-bond donors (Lipinski definition) is 3. The third-order valence-corrected chi connectivity index (χ3v) is 5.37. The number of ether oxygens (including phenoxy) is 1. The van der Waals surface area contributed by atoms with Crippen molar-refractivity contribution in [3.05, 3.63) is 28.6 Å². The van der Waals surface area contributed by atoms with Crippen LogP contribution in [0.1, 0.15) is 35.5 Å². The number of methoxy groups -OCH3 is 1. The normalized spacial score (nSPS) is 12.0. The molecule has 0 spiro atoms. The van der Waals surface area contributed by atoms with Crippen LogP contribution in [0.3, 0.4) is 0 Å². The Labute approximate surface area is 161 Å². The van der Waals surface area contributed by atoms with Crippen LogP contribution in [-0.4, -0.2) is 42.6 Å². The maximum atomic E-state index is 12.5. The van der Waals surface area contributed by atoms with Crippen molar-refractivity contribution in [2.75, 3.05) is 13.7 Å². The first-order valence-electron chi connectivity index (χ1n) is 8.60. The molecule has 0 fully saturated rings. The first kappa shape index (κ1) is 20.7. The fourth-order valence-corrected chi connectivity index (χ4v) is 3.83. The van der Waals surface area contributed by atoms with E-state index >= 15 is 0 Å². The van der Waals surface area contributed by atoms with Gasteiger partial charge in [-0.3, -0.25) is 9.59 Å². The van der Waals surface area contributed by atoms with E-state index in [0.29, 0.717) is 17.0 Å². The van der Waals surface area contributed by atoms with Crippen LogP contribution in [0, 0.1) is 12.8 Å².